The summed E-state index contributed by atoms with van der Waals surface area (Å²) in [5, 5.41) is 7.08. The number of nitrogens with one attached hydrogen (secondary N) is 2. The van der Waals surface area contributed by atoms with E-state index >= 15 is 0 Å². The molecule has 1 atom stereocenters. The van der Waals surface area contributed by atoms with E-state index in [2.05, 4.69) is 21.6 Å². The first-order valence-electron chi connectivity index (χ1n) is 7.69. The van der Waals surface area contributed by atoms with Crippen LogP contribution >= 0.6 is 11.6 Å². The molecule has 2 fully saturated rings. The number of carbonyl (C=O) groups is 1. The van der Waals surface area contributed by atoms with Crippen molar-refractivity contribution < 1.29 is 4.79 Å². The van der Waals surface area contributed by atoms with Gasteiger partial charge >= 0.3 is 0 Å². The lowest BCUT2D eigenvalue weighted by Gasteiger charge is -2.28. The number of amides is 1. The molecule has 0 aromatic heterocycles. The quantitative estimate of drug-likeness (QED) is 0.877. The van der Waals surface area contributed by atoms with Crippen molar-refractivity contribution in [2.75, 3.05) is 18.5 Å². The maximum atomic E-state index is 12.1. The van der Waals surface area contributed by atoms with Crippen molar-refractivity contribution in [3.8, 4) is 0 Å². The van der Waals surface area contributed by atoms with Crippen LogP contribution in [0, 0.1) is 0 Å². The molecular weight excluding hydrogens is 286 g/mol. The van der Waals surface area contributed by atoms with Gasteiger partial charge in [-0.05, 0) is 37.8 Å². The smallest absolute Gasteiger partial charge is 0.242 e. The van der Waals surface area contributed by atoms with Gasteiger partial charge in [0.05, 0.1) is 0 Å². The lowest BCUT2D eigenvalue weighted by molar-refractivity contribution is -0.121. The average molecular weight is 308 g/mol. The molecule has 1 aliphatic heterocycles. The van der Waals surface area contributed by atoms with Gasteiger partial charge in [-0.15, -0.1) is 0 Å². The van der Waals surface area contributed by atoms with Crippen LogP contribution in [0.4, 0.5) is 5.69 Å². The summed E-state index contributed by atoms with van der Waals surface area (Å²) in [4.78, 5) is 14.3. The predicted octanol–water partition coefficient (Wildman–Crippen LogP) is 2.31. The molecule has 1 saturated carbocycles. The molecule has 1 aromatic rings. The third-order valence-corrected chi connectivity index (χ3v) is 4.70. The van der Waals surface area contributed by atoms with Crippen LogP contribution in [0.3, 0.4) is 0 Å². The van der Waals surface area contributed by atoms with Gasteiger partial charge in [-0.2, -0.15) is 0 Å². The highest BCUT2D eigenvalue weighted by atomic mass is 35.5. The number of rotatable bonds is 5. The maximum Gasteiger partial charge on any atom is 0.242 e. The Kier molecular flexibility index (Phi) is 4.36. The molecule has 1 amide bonds. The van der Waals surface area contributed by atoms with Gasteiger partial charge in [0.25, 0.3) is 0 Å². The molecule has 5 heteroatoms. The fraction of sp³-hybridized carbons (Fsp3) is 0.562. The Balaban J connectivity index is 1.85. The molecule has 2 aliphatic rings. The third-order valence-electron chi connectivity index (χ3n) is 4.35. The molecule has 3 rings (SSSR count). The Morgan fingerprint density at radius 3 is 2.90 bits per heavy atom. The number of anilines is 1. The van der Waals surface area contributed by atoms with Crippen LogP contribution in [0.25, 0.3) is 0 Å². The Labute approximate surface area is 130 Å². The zero-order valence-electron chi connectivity index (χ0n) is 12.4. The number of hydrogen-bond donors (Lipinski definition) is 2. The second-order valence-corrected chi connectivity index (χ2v) is 6.27. The van der Waals surface area contributed by atoms with Gasteiger partial charge in [-0.25, -0.2) is 0 Å². The van der Waals surface area contributed by atoms with Crippen LogP contribution in [0.15, 0.2) is 18.2 Å². The minimum atomic E-state index is -0.0758. The number of halogens is 1. The first kappa shape index (κ1) is 14.7. The highest BCUT2D eigenvalue weighted by molar-refractivity contribution is 6.31. The number of benzene rings is 1. The first-order valence-corrected chi connectivity index (χ1v) is 8.07. The number of likely N-dealkylation sites (N-methyl/N-ethyl adjacent to an activating group) is 1. The standard InChI is InChI=1S/C16H22ClN3O/c1-18-16(21)15-6-3-9-20(15)14-5-2-4-13(17)12(14)10-19-11-7-8-11/h2,4-5,11,15,19H,3,6-10H2,1H3,(H,18,21). The van der Waals surface area contributed by atoms with Gasteiger partial charge in [-0.3, -0.25) is 4.79 Å². The van der Waals surface area contributed by atoms with E-state index in [0.717, 1.165) is 42.2 Å². The van der Waals surface area contributed by atoms with Gasteiger partial charge in [0.1, 0.15) is 6.04 Å². The van der Waals surface area contributed by atoms with E-state index in [0.29, 0.717) is 6.04 Å². The molecule has 21 heavy (non-hydrogen) atoms. The number of hydrogen-bond acceptors (Lipinski definition) is 3. The Morgan fingerprint density at radius 1 is 1.38 bits per heavy atom. The molecule has 1 saturated heterocycles. The van der Waals surface area contributed by atoms with E-state index in [1.807, 2.05) is 12.1 Å². The predicted molar refractivity (Wildman–Crippen MR) is 85.7 cm³/mol. The Hall–Kier alpha value is -1.26. The molecule has 2 N–H and O–H groups in total. The van der Waals surface area contributed by atoms with Crippen molar-refractivity contribution in [1.29, 1.82) is 0 Å². The molecule has 0 spiro atoms. The van der Waals surface area contributed by atoms with Crippen LogP contribution in [-0.4, -0.2) is 31.6 Å². The van der Waals surface area contributed by atoms with Gasteiger partial charge in [0.15, 0.2) is 0 Å². The van der Waals surface area contributed by atoms with Crippen LogP contribution in [-0.2, 0) is 11.3 Å². The molecule has 1 unspecified atom stereocenters. The summed E-state index contributed by atoms with van der Waals surface area (Å²) in [5.41, 5.74) is 2.21. The highest BCUT2D eigenvalue weighted by Gasteiger charge is 2.32. The summed E-state index contributed by atoms with van der Waals surface area (Å²) in [6, 6.07) is 6.55. The minimum absolute atomic E-state index is 0.0758. The van der Waals surface area contributed by atoms with Crippen LogP contribution in [0.5, 0.6) is 0 Å². The zero-order valence-corrected chi connectivity index (χ0v) is 13.1. The van der Waals surface area contributed by atoms with Gasteiger partial charge < -0.3 is 15.5 Å². The van der Waals surface area contributed by atoms with Crippen molar-refractivity contribution >= 4 is 23.2 Å². The molecule has 4 nitrogen and oxygen atoms in total. The van der Waals surface area contributed by atoms with E-state index in [-0.39, 0.29) is 11.9 Å². The number of nitrogens with zero attached hydrogens (tertiary/aromatic N) is 1. The van der Waals surface area contributed by atoms with E-state index in [9.17, 15) is 4.79 Å². The Bertz CT molecular complexity index is 530. The maximum absolute atomic E-state index is 12.1. The summed E-state index contributed by atoms with van der Waals surface area (Å²) in [6.07, 6.45) is 4.45. The lowest BCUT2D eigenvalue weighted by Crippen LogP contribution is -2.42. The molecule has 0 bridgehead atoms. The van der Waals surface area contributed by atoms with E-state index < -0.39 is 0 Å². The molecule has 1 aliphatic carbocycles. The summed E-state index contributed by atoms with van der Waals surface area (Å²) in [7, 11) is 1.70. The van der Waals surface area contributed by atoms with Crippen molar-refractivity contribution in [1.82, 2.24) is 10.6 Å². The average Bonchev–Trinajstić information content (AvgIpc) is 3.19. The molecule has 114 valence electrons. The normalized spacial score (nSPS) is 21.6. The van der Waals surface area contributed by atoms with Gasteiger partial charge in [0.2, 0.25) is 5.91 Å². The fourth-order valence-electron chi connectivity index (χ4n) is 3.02. The Morgan fingerprint density at radius 2 is 2.19 bits per heavy atom. The molecule has 0 radical (unpaired) electrons. The highest BCUT2D eigenvalue weighted by Crippen LogP contribution is 2.33. The summed E-state index contributed by atoms with van der Waals surface area (Å²) in [6.45, 7) is 1.69. The second-order valence-electron chi connectivity index (χ2n) is 5.86. The lowest BCUT2D eigenvalue weighted by atomic mass is 10.1. The molecule has 1 aromatic carbocycles. The SMILES string of the molecule is CNC(=O)C1CCCN1c1cccc(Cl)c1CNC1CC1. The minimum Gasteiger partial charge on any atom is -0.359 e. The number of carbonyl (C=O) groups excluding carboxylic acids is 1. The molecular formula is C16H22ClN3O. The van der Waals surface area contributed by atoms with E-state index in [1.54, 1.807) is 7.05 Å². The van der Waals surface area contributed by atoms with Crippen LogP contribution in [0.2, 0.25) is 5.02 Å². The van der Waals surface area contributed by atoms with Gasteiger partial charge in [-0.1, -0.05) is 17.7 Å². The summed E-state index contributed by atoms with van der Waals surface area (Å²) in [5.74, 6) is 0.0913. The second kappa shape index (κ2) is 6.24. The van der Waals surface area contributed by atoms with E-state index in [4.69, 9.17) is 11.6 Å². The monoisotopic (exact) mass is 307 g/mol. The van der Waals surface area contributed by atoms with Crippen molar-refractivity contribution in [2.45, 2.75) is 44.3 Å². The first-order chi connectivity index (χ1) is 10.2. The third kappa shape index (κ3) is 3.16. The van der Waals surface area contributed by atoms with Crippen molar-refractivity contribution in [3.05, 3.63) is 28.8 Å². The summed E-state index contributed by atoms with van der Waals surface area (Å²) >= 11 is 6.41. The summed E-state index contributed by atoms with van der Waals surface area (Å²) < 4.78 is 0. The fourth-order valence-corrected chi connectivity index (χ4v) is 3.26. The largest absolute Gasteiger partial charge is 0.359 e. The van der Waals surface area contributed by atoms with E-state index in [1.165, 1.54) is 12.8 Å². The van der Waals surface area contributed by atoms with Gasteiger partial charge in [0, 0.05) is 42.5 Å². The van der Waals surface area contributed by atoms with Crippen LogP contribution < -0.4 is 15.5 Å². The van der Waals surface area contributed by atoms with Crippen molar-refractivity contribution in [2.24, 2.45) is 0 Å². The van der Waals surface area contributed by atoms with Crippen LogP contribution in [0.1, 0.15) is 31.2 Å². The topological polar surface area (TPSA) is 44.4 Å². The van der Waals surface area contributed by atoms with Crippen molar-refractivity contribution in [3.63, 3.8) is 0 Å². The molecule has 1 heterocycles. The zero-order chi connectivity index (χ0) is 14.8.